The molecule has 16 nitrogen and oxygen atoms in total. The molecule has 6 aliphatic heterocycles. The maximum absolute atomic E-state index is 8.98. The quantitative estimate of drug-likeness (QED) is 0.0692. The molecule has 8 heterocycles. The van der Waals surface area contributed by atoms with Gasteiger partial charge in [-0.1, -0.05) is 69.9 Å². The minimum atomic E-state index is -1.42. The molecule has 2 aromatic rings. The Morgan fingerprint density at radius 3 is 1.07 bits per heavy atom. The zero-order chi connectivity index (χ0) is 50.0. The third-order valence-electron chi connectivity index (χ3n) is 10.8. The summed E-state index contributed by atoms with van der Waals surface area (Å²) in [4.78, 5) is 7.92. The summed E-state index contributed by atoms with van der Waals surface area (Å²) in [6.45, 7) is 9.60. The number of nitrogens with zero attached hydrogens (tertiary/aromatic N) is 6. The van der Waals surface area contributed by atoms with Gasteiger partial charge in [-0.3, -0.25) is 0 Å². The maximum Gasteiger partial charge on any atom is 2.00 e. The van der Waals surface area contributed by atoms with Crippen molar-refractivity contribution in [3.63, 3.8) is 0 Å². The van der Waals surface area contributed by atoms with Crippen molar-refractivity contribution < 1.29 is 75.0 Å². The Hall–Kier alpha value is -0.501. The first-order valence-corrected chi connectivity index (χ1v) is 28.9. The zero-order valence-corrected chi connectivity index (χ0v) is 46.6. The van der Waals surface area contributed by atoms with Crippen molar-refractivity contribution >= 4 is 47.0 Å². The molecule has 70 heavy (non-hydrogen) atoms. The molecule has 0 saturated carbocycles. The number of piperidine rings is 5. The number of hydrogen-bond acceptors (Lipinski definition) is 16. The Kier molecular flexibility index (Phi) is 50.5. The van der Waals surface area contributed by atoms with Crippen molar-refractivity contribution in [1.82, 2.24) is 20.6 Å². The normalized spacial score (nSPS) is 21.3. The molecule has 0 aromatic carbocycles. The number of aliphatic hydroxyl groups excluding tert-OH is 4. The molecule has 4 atom stereocenters. The predicted octanol–water partition coefficient (Wildman–Crippen LogP) is 7.62. The zero-order valence-electron chi connectivity index (χ0n) is 41.4. The number of hydrogen-bond donors (Lipinski definition) is 10. The van der Waals surface area contributed by atoms with Crippen molar-refractivity contribution in [2.75, 3.05) is 83.9 Å². The van der Waals surface area contributed by atoms with Crippen LogP contribution in [0.1, 0.15) is 107 Å². The van der Waals surface area contributed by atoms with Gasteiger partial charge in [-0.15, -0.1) is 98.9 Å². The van der Waals surface area contributed by atoms with Crippen LogP contribution in [0, 0.1) is 11.8 Å². The first-order chi connectivity index (χ1) is 33.0. The van der Waals surface area contributed by atoms with E-state index in [-0.39, 0.29) is 56.7 Å². The van der Waals surface area contributed by atoms with E-state index < -0.39 is 25.2 Å². The van der Waals surface area contributed by atoms with Crippen LogP contribution < -0.4 is 10.6 Å². The first-order valence-electron chi connectivity index (χ1n) is 23.8. The van der Waals surface area contributed by atoms with Gasteiger partial charge in [0.15, 0.2) is 25.2 Å². The average Bonchev–Trinajstić information content (AvgIpc) is 3.41. The molecule has 0 aliphatic carbocycles. The van der Waals surface area contributed by atoms with Crippen LogP contribution in [0.4, 0.5) is 0 Å². The third kappa shape index (κ3) is 35.7. The molecule has 410 valence electrons. The smallest absolute Gasteiger partial charge is 0.687 e. The summed E-state index contributed by atoms with van der Waals surface area (Å²) in [6.07, 6.45) is 29.6. The van der Waals surface area contributed by atoms with Crippen LogP contribution >= 0.6 is 47.0 Å². The minimum absolute atomic E-state index is 0. The van der Waals surface area contributed by atoms with Gasteiger partial charge in [0.1, 0.15) is 10.1 Å². The number of pyridine rings is 2. The molecule has 10 N–H and O–H groups in total. The number of allylic oxidation sites excluding steroid dienone is 2. The van der Waals surface area contributed by atoms with E-state index in [4.69, 9.17) is 40.9 Å². The van der Waals surface area contributed by atoms with E-state index in [1.807, 2.05) is 43.3 Å². The minimum Gasteiger partial charge on any atom is -0.687 e. The van der Waals surface area contributed by atoms with Gasteiger partial charge in [-0.05, 0) is 88.1 Å². The van der Waals surface area contributed by atoms with Gasteiger partial charge in [0.2, 0.25) is 0 Å². The number of thioether (sulfide) groups is 4. The molecule has 2 radical (unpaired) electrons. The van der Waals surface area contributed by atoms with Crippen LogP contribution in [0.15, 0.2) is 71.1 Å². The molecular formula is C48H84Cu2N8O8S4. The van der Waals surface area contributed by atoms with Gasteiger partial charge in [-0.25, -0.2) is 9.97 Å². The van der Waals surface area contributed by atoms with Crippen LogP contribution in [0.3, 0.4) is 0 Å². The second-order valence-electron chi connectivity index (χ2n) is 15.9. The molecular weight excluding hydrogens is 1070 g/mol. The molecule has 6 aliphatic rings. The van der Waals surface area contributed by atoms with Gasteiger partial charge in [0.05, 0.1) is 10.7 Å². The third-order valence-corrected chi connectivity index (χ3v) is 14.3. The summed E-state index contributed by atoms with van der Waals surface area (Å²) >= 11 is 6.09. The van der Waals surface area contributed by atoms with E-state index in [2.05, 4.69) is 41.9 Å². The number of rotatable bonds is 8. The van der Waals surface area contributed by atoms with E-state index >= 15 is 0 Å². The van der Waals surface area contributed by atoms with Crippen molar-refractivity contribution in [2.45, 2.75) is 129 Å². The van der Waals surface area contributed by atoms with Gasteiger partial charge >= 0.3 is 34.1 Å². The van der Waals surface area contributed by atoms with E-state index in [0.29, 0.717) is 21.2 Å². The first kappa shape index (κ1) is 71.6. The fourth-order valence-corrected chi connectivity index (χ4v) is 9.99. The molecule has 2 aromatic heterocycles. The standard InChI is InChI=1S/2C7H15NO2S.2C7H9NO2S.3C5H10N.C5H6N.2Cu/c4*1-11-6-5(7(9)10)3-2-4-8-6;4*1-2-4-6-5-3-1;;/h2*5-10H,2-4H2,1H3;2*2-4,7,9-10H,1H3;3*1-5H2;1-4H,5H2;;/q;;;;4*-1;2*+2. The van der Waals surface area contributed by atoms with Crippen LogP contribution in [0.25, 0.3) is 21.3 Å². The van der Waals surface area contributed by atoms with Crippen LogP contribution in [-0.2, 0) is 34.1 Å². The molecule has 8 rings (SSSR count). The average molecular weight is 1160 g/mol. The van der Waals surface area contributed by atoms with Gasteiger partial charge < -0.3 is 72.8 Å². The summed E-state index contributed by atoms with van der Waals surface area (Å²) in [5, 5.41) is 95.9. The van der Waals surface area contributed by atoms with Gasteiger partial charge in [0.25, 0.3) is 0 Å². The van der Waals surface area contributed by atoms with Crippen LogP contribution in [-0.4, -0.2) is 158 Å². The van der Waals surface area contributed by atoms with E-state index in [9.17, 15) is 0 Å². The Morgan fingerprint density at radius 1 is 0.529 bits per heavy atom. The maximum atomic E-state index is 8.98. The Morgan fingerprint density at radius 2 is 0.900 bits per heavy atom. The fourth-order valence-electron chi connectivity index (χ4n) is 7.02. The van der Waals surface area contributed by atoms with Crippen LogP contribution in [0.2, 0.25) is 0 Å². The molecule has 0 amide bonds. The Balaban J connectivity index is 0. The number of aromatic nitrogens is 2. The molecule has 5 saturated heterocycles. The van der Waals surface area contributed by atoms with E-state index in [1.54, 1.807) is 66.4 Å². The SMILES string of the molecule is C1=CC[N-]C=C1.C1CC[N-]CC1.C1CC[N-]CC1.C1CC[N-]CC1.CSC1NCCCC1C(O)O.CSC1NCCCC1C(O)O.CSc1ncccc1C(O)O.CSc1ncccc1C(O)O.[Cu+2].[Cu+2]. The fraction of sp³-hybridized carbons (Fsp3) is 0.708. The summed E-state index contributed by atoms with van der Waals surface area (Å²) in [5.41, 5.74) is 0.917. The Bertz CT molecular complexity index is 1370. The van der Waals surface area contributed by atoms with Crippen molar-refractivity contribution in [3.05, 3.63) is 93.5 Å². The molecule has 22 heteroatoms. The summed E-state index contributed by atoms with van der Waals surface area (Å²) in [5.74, 6) is -0.00231. The summed E-state index contributed by atoms with van der Waals surface area (Å²) in [6, 6.07) is 6.63. The number of nitrogens with one attached hydrogen (secondary N) is 2. The van der Waals surface area contributed by atoms with Gasteiger partial charge in [0, 0.05) is 35.4 Å². The number of aliphatic hydroxyl groups is 8. The van der Waals surface area contributed by atoms with Crippen molar-refractivity contribution in [2.24, 2.45) is 11.8 Å². The second-order valence-corrected chi connectivity index (χ2v) is 19.5. The monoisotopic (exact) mass is 1150 g/mol. The topological polar surface area (TPSA) is 268 Å². The van der Waals surface area contributed by atoms with Crippen molar-refractivity contribution in [1.29, 1.82) is 0 Å². The Labute approximate surface area is 458 Å². The molecule has 0 spiro atoms. The predicted molar refractivity (Wildman–Crippen MR) is 286 cm³/mol. The summed E-state index contributed by atoms with van der Waals surface area (Å²) in [7, 11) is 0. The van der Waals surface area contributed by atoms with Crippen LogP contribution in [0.5, 0.6) is 0 Å². The largest absolute Gasteiger partial charge is 2.00 e. The summed E-state index contributed by atoms with van der Waals surface area (Å²) < 4.78 is 0. The van der Waals surface area contributed by atoms with E-state index in [0.717, 1.165) is 84.6 Å². The van der Waals surface area contributed by atoms with E-state index in [1.165, 1.54) is 81.3 Å². The van der Waals surface area contributed by atoms with Crippen molar-refractivity contribution in [3.8, 4) is 0 Å². The molecule has 0 bridgehead atoms. The van der Waals surface area contributed by atoms with Gasteiger partial charge in [-0.2, -0.15) is 6.20 Å². The molecule has 5 fully saturated rings. The second kappa shape index (κ2) is 49.4. The molecule has 4 unspecified atom stereocenters.